The minimum Gasteiger partial charge on any atom is -0.310 e. The zero-order valence-corrected chi connectivity index (χ0v) is 13.9. The molecule has 1 heterocycles. The van der Waals surface area contributed by atoms with E-state index in [0.29, 0.717) is 12.0 Å². The predicted molar refractivity (Wildman–Crippen MR) is 101 cm³/mol. The molecule has 1 aliphatic rings. The van der Waals surface area contributed by atoms with E-state index in [0.717, 1.165) is 13.0 Å². The summed E-state index contributed by atoms with van der Waals surface area (Å²) in [5.41, 5.74) is 5.53. The van der Waals surface area contributed by atoms with E-state index in [2.05, 4.69) is 90.2 Å². The fourth-order valence-corrected chi connectivity index (χ4v) is 3.91. The summed E-state index contributed by atoms with van der Waals surface area (Å²) in [7, 11) is 0. The predicted octanol–water partition coefficient (Wildman–Crippen LogP) is 5.25. The van der Waals surface area contributed by atoms with Gasteiger partial charge < -0.3 is 5.32 Å². The summed E-state index contributed by atoms with van der Waals surface area (Å²) in [5, 5.41) is 3.75. The van der Waals surface area contributed by atoms with Gasteiger partial charge in [0.05, 0.1) is 0 Å². The molecule has 0 aliphatic carbocycles. The third kappa shape index (κ3) is 3.13. The summed E-state index contributed by atoms with van der Waals surface area (Å²) >= 11 is 0. The first-order chi connectivity index (χ1) is 11.9. The minimum absolute atomic E-state index is 0.432. The van der Waals surface area contributed by atoms with Gasteiger partial charge in [-0.1, -0.05) is 84.9 Å². The van der Waals surface area contributed by atoms with Crippen molar-refractivity contribution in [3.63, 3.8) is 0 Å². The lowest BCUT2D eigenvalue weighted by atomic mass is 9.85. The van der Waals surface area contributed by atoms with Crippen molar-refractivity contribution in [3.05, 3.63) is 96.1 Å². The lowest BCUT2D eigenvalue weighted by Gasteiger charge is -2.23. The average Bonchev–Trinajstić information content (AvgIpc) is 3.11. The normalized spacial score (nSPS) is 20.2. The molecule has 1 N–H and O–H groups in total. The third-order valence-corrected chi connectivity index (χ3v) is 5.07. The van der Waals surface area contributed by atoms with E-state index in [4.69, 9.17) is 0 Å². The summed E-state index contributed by atoms with van der Waals surface area (Å²) < 4.78 is 0. The SMILES string of the molecule is c1ccc(CC2CCNC2c2ccccc2-c2ccccc2)cc1. The molecule has 0 aromatic heterocycles. The first kappa shape index (κ1) is 15.2. The second kappa shape index (κ2) is 7.02. The van der Waals surface area contributed by atoms with Crippen LogP contribution in [0.4, 0.5) is 0 Å². The molecule has 1 saturated heterocycles. The van der Waals surface area contributed by atoms with Crippen LogP contribution in [0.25, 0.3) is 11.1 Å². The molecule has 0 radical (unpaired) electrons. The van der Waals surface area contributed by atoms with Crippen molar-refractivity contribution in [3.8, 4) is 11.1 Å². The van der Waals surface area contributed by atoms with Gasteiger partial charge in [0.15, 0.2) is 0 Å². The van der Waals surface area contributed by atoms with Crippen LogP contribution in [0.1, 0.15) is 23.6 Å². The molecular formula is C23H23N. The van der Waals surface area contributed by atoms with Gasteiger partial charge in [0, 0.05) is 6.04 Å². The van der Waals surface area contributed by atoms with Crippen molar-refractivity contribution in [2.24, 2.45) is 5.92 Å². The highest BCUT2D eigenvalue weighted by Crippen LogP contribution is 2.37. The lowest BCUT2D eigenvalue weighted by molar-refractivity contribution is 0.461. The summed E-state index contributed by atoms with van der Waals surface area (Å²) in [4.78, 5) is 0. The van der Waals surface area contributed by atoms with Crippen LogP contribution in [-0.2, 0) is 6.42 Å². The topological polar surface area (TPSA) is 12.0 Å². The van der Waals surface area contributed by atoms with E-state index < -0.39 is 0 Å². The molecule has 1 fully saturated rings. The Hall–Kier alpha value is -2.38. The first-order valence-electron chi connectivity index (χ1n) is 8.83. The summed E-state index contributed by atoms with van der Waals surface area (Å²) in [6.07, 6.45) is 2.38. The summed E-state index contributed by atoms with van der Waals surface area (Å²) in [6, 6.07) is 30.9. The average molecular weight is 313 g/mol. The molecule has 1 heteroatoms. The van der Waals surface area contributed by atoms with E-state index in [-0.39, 0.29) is 0 Å². The number of benzene rings is 3. The minimum atomic E-state index is 0.432. The van der Waals surface area contributed by atoms with Gasteiger partial charge >= 0.3 is 0 Å². The Morgan fingerprint density at radius 2 is 1.42 bits per heavy atom. The Balaban J connectivity index is 1.66. The van der Waals surface area contributed by atoms with Crippen molar-refractivity contribution < 1.29 is 0 Å². The van der Waals surface area contributed by atoms with Crippen molar-refractivity contribution >= 4 is 0 Å². The highest BCUT2D eigenvalue weighted by molar-refractivity contribution is 5.68. The quantitative estimate of drug-likeness (QED) is 0.694. The maximum absolute atomic E-state index is 3.75. The highest BCUT2D eigenvalue weighted by atomic mass is 15.0. The molecule has 1 aliphatic heterocycles. The Kier molecular flexibility index (Phi) is 4.44. The maximum atomic E-state index is 3.75. The second-order valence-electron chi connectivity index (χ2n) is 6.62. The summed E-state index contributed by atoms with van der Waals surface area (Å²) in [5.74, 6) is 0.650. The Morgan fingerprint density at radius 3 is 2.21 bits per heavy atom. The van der Waals surface area contributed by atoms with Gasteiger partial charge in [-0.3, -0.25) is 0 Å². The van der Waals surface area contributed by atoms with Gasteiger partial charge in [0.1, 0.15) is 0 Å². The van der Waals surface area contributed by atoms with Gasteiger partial charge in [-0.2, -0.15) is 0 Å². The molecular weight excluding hydrogens is 290 g/mol. The van der Waals surface area contributed by atoms with E-state index in [1.807, 2.05) is 0 Å². The molecule has 2 unspecified atom stereocenters. The van der Waals surface area contributed by atoms with Crippen LogP contribution >= 0.6 is 0 Å². The van der Waals surface area contributed by atoms with Gasteiger partial charge in [-0.15, -0.1) is 0 Å². The molecule has 0 spiro atoms. The second-order valence-corrected chi connectivity index (χ2v) is 6.62. The zero-order valence-electron chi connectivity index (χ0n) is 13.9. The molecule has 0 amide bonds. The largest absolute Gasteiger partial charge is 0.310 e. The summed E-state index contributed by atoms with van der Waals surface area (Å²) in [6.45, 7) is 1.10. The molecule has 120 valence electrons. The molecule has 2 atom stereocenters. The van der Waals surface area contributed by atoms with Crippen LogP contribution in [0, 0.1) is 5.92 Å². The maximum Gasteiger partial charge on any atom is 0.0358 e. The standard InChI is InChI=1S/C23H23N/c1-3-9-18(10-4-1)17-20-15-16-24-23(20)22-14-8-7-13-21(22)19-11-5-2-6-12-19/h1-14,20,23-24H,15-17H2. The Bertz CT molecular complexity index is 779. The smallest absolute Gasteiger partial charge is 0.0358 e. The van der Waals surface area contributed by atoms with Gasteiger partial charge in [-0.05, 0) is 47.6 Å². The molecule has 24 heavy (non-hydrogen) atoms. The van der Waals surface area contributed by atoms with Crippen LogP contribution in [0.2, 0.25) is 0 Å². The third-order valence-electron chi connectivity index (χ3n) is 5.07. The van der Waals surface area contributed by atoms with E-state index >= 15 is 0 Å². The van der Waals surface area contributed by atoms with Gasteiger partial charge in [0.2, 0.25) is 0 Å². The van der Waals surface area contributed by atoms with Crippen molar-refractivity contribution in [2.45, 2.75) is 18.9 Å². The van der Waals surface area contributed by atoms with Crippen LogP contribution in [0.5, 0.6) is 0 Å². The number of hydrogen-bond donors (Lipinski definition) is 1. The van der Waals surface area contributed by atoms with E-state index in [1.54, 1.807) is 0 Å². The van der Waals surface area contributed by atoms with Gasteiger partial charge in [0.25, 0.3) is 0 Å². The van der Waals surface area contributed by atoms with Crippen LogP contribution < -0.4 is 5.32 Å². The van der Waals surface area contributed by atoms with E-state index in [1.165, 1.54) is 28.7 Å². The van der Waals surface area contributed by atoms with Crippen LogP contribution in [0.3, 0.4) is 0 Å². The first-order valence-corrected chi connectivity index (χ1v) is 8.83. The lowest BCUT2D eigenvalue weighted by Crippen LogP contribution is -2.20. The molecule has 0 bridgehead atoms. The fourth-order valence-electron chi connectivity index (χ4n) is 3.91. The fraction of sp³-hybridized carbons (Fsp3) is 0.217. The van der Waals surface area contributed by atoms with E-state index in [9.17, 15) is 0 Å². The van der Waals surface area contributed by atoms with Crippen LogP contribution in [-0.4, -0.2) is 6.54 Å². The number of rotatable bonds is 4. The van der Waals surface area contributed by atoms with Crippen molar-refractivity contribution in [2.75, 3.05) is 6.54 Å². The molecule has 3 aromatic carbocycles. The monoisotopic (exact) mass is 313 g/mol. The highest BCUT2D eigenvalue weighted by Gasteiger charge is 2.29. The zero-order chi connectivity index (χ0) is 16.2. The van der Waals surface area contributed by atoms with Crippen molar-refractivity contribution in [1.82, 2.24) is 5.32 Å². The molecule has 3 aromatic rings. The van der Waals surface area contributed by atoms with Crippen molar-refractivity contribution in [1.29, 1.82) is 0 Å². The Labute approximate surface area is 144 Å². The molecule has 0 saturated carbocycles. The number of hydrogen-bond acceptors (Lipinski definition) is 1. The molecule has 1 nitrogen and oxygen atoms in total. The Morgan fingerprint density at radius 1 is 0.750 bits per heavy atom. The van der Waals surface area contributed by atoms with Gasteiger partial charge in [-0.25, -0.2) is 0 Å². The molecule has 4 rings (SSSR count). The van der Waals surface area contributed by atoms with Crippen LogP contribution in [0.15, 0.2) is 84.9 Å². The number of nitrogens with one attached hydrogen (secondary N) is 1.